The summed E-state index contributed by atoms with van der Waals surface area (Å²) in [6.07, 6.45) is 2.73. The van der Waals surface area contributed by atoms with Gasteiger partial charge in [-0.2, -0.15) is 0 Å². The average molecular weight is 309 g/mol. The Labute approximate surface area is 118 Å². The molecule has 3 saturated heterocycles. The average Bonchev–Trinajstić information content (AvgIpc) is 2.43. The van der Waals surface area contributed by atoms with Crippen molar-refractivity contribution in [3.63, 3.8) is 0 Å². The van der Waals surface area contributed by atoms with E-state index in [9.17, 15) is 0 Å². The lowest BCUT2D eigenvalue weighted by atomic mass is 9.70. The fourth-order valence-corrected chi connectivity index (χ4v) is 4.35. The molecule has 0 aliphatic carbocycles. The van der Waals surface area contributed by atoms with Gasteiger partial charge in [-0.05, 0) is 55.9 Å². The summed E-state index contributed by atoms with van der Waals surface area (Å²) in [5.41, 5.74) is 7.50. The SMILES string of the molecule is NCC(c1ccccc1Br)C1CN2CCC1CC2. The van der Waals surface area contributed by atoms with Crippen LogP contribution >= 0.6 is 15.9 Å². The standard InChI is InChI=1S/C15H21BrN2/c16-15-4-2-1-3-12(15)13(9-17)14-10-18-7-5-11(14)6-8-18/h1-4,11,13-14H,5-10,17H2. The van der Waals surface area contributed by atoms with Crippen molar-refractivity contribution in [2.24, 2.45) is 17.6 Å². The van der Waals surface area contributed by atoms with Crippen LogP contribution in [-0.4, -0.2) is 31.1 Å². The summed E-state index contributed by atoms with van der Waals surface area (Å²) in [5.74, 6) is 2.14. The topological polar surface area (TPSA) is 29.3 Å². The molecule has 0 amide bonds. The fraction of sp³-hybridized carbons (Fsp3) is 0.600. The third-order valence-corrected chi connectivity index (χ3v) is 5.50. The molecule has 2 unspecified atom stereocenters. The van der Waals surface area contributed by atoms with Gasteiger partial charge in [-0.15, -0.1) is 0 Å². The summed E-state index contributed by atoms with van der Waals surface area (Å²) in [6, 6.07) is 8.58. The summed E-state index contributed by atoms with van der Waals surface area (Å²) in [6.45, 7) is 4.61. The van der Waals surface area contributed by atoms with Crippen molar-refractivity contribution in [1.29, 1.82) is 0 Å². The molecule has 3 fully saturated rings. The lowest BCUT2D eigenvalue weighted by molar-refractivity contribution is 0.0378. The van der Waals surface area contributed by atoms with E-state index in [-0.39, 0.29) is 0 Å². The molecule has 1 aromatic rings. The first kappa shape index (κ1) is 12.6. The Kier molecular flexibility index (Phi) is 3.73. The van der Waals surface area contributed by atoms with E-state index in [1.807, 2.05) is 0 Å². The maximum atomic E-state index is 6.10. The predicted octanol–water partition coefficient (Wildman–Crippen LogP) is 2.83. The van der Waals surface area contributed by atoms with E-state index in [1.54, 1.807) is 0 Å². The molecular weight excluding hydrogens is 288 g/mol. The van der Waals surface area contributed by atoms with Crippen molar-refractivity contribution in [2.75, 3.05) is 26.2 Å². The molecule has 2 bridgehead atoms. The van der Waals surface area contributed by atoms with Gasteiger partial charge in [0.25, 0.3) is 0 Å². The minimum atomic E-state index is 0.508. The second-order valence-corrected chi connectivity index (χ2v) is 6.52. The monoisotopic (exact) mass is 308 g/mol. The largest absolute Gasteiger partial charge is 0.330 e. The van der Waals surface area contributed by atoms with E-state index in [2.05, 4.69) is 45.1 Å². The van der Waals surface area contributed by atoms with Crippen LogP contribution in [0.2, 0.25) is 0 Å². The van der Waals surface area contributed by atoms with Gasteiger partial charge in [0.05, 0.1) is 0 Å². The van der Waals surface area contributed by atoms with Crippen molar-refractivity contribution in [1.82, 2.24) is 4.90 Å². The quantitative estimate of drug-likeness (QED) is 0.930. The van der Waals surface area contributed by atoms with Gasteiger partial charge in [0.15, 0.2) is 0 Å². The molecule has 1 aromatic carbocycles. The van der Waals surface area contributed by atoms with Crippen molar-refractivity contribution < 1.29 is 0 Å². The molecule has 3 heteroatoms. The number of benzene rings is 1. The number of fused-ring (bicyclic) bond motifs is 3. The van der Waals surface area contributed by atoms with Crippen LogP contribution in [0.25, 0.3) is 0 Å². The highest BCUT2D eigenvalue weighted by atomic mass is 79.9. The third-order valence-electron chi connectivity index (χ3n) is 4.78. The molecule has 2 atom stereocenters. The first-order chi connectivity index (χ1) is 8.79. The van der Waals surface area contributed by atoms with Crippen LogP contribution in [0.1, 0.15) is 24.3 Å². The van der Waals surface area contributed by atoms with Crippen LogP contribution in [0.15, 0.2) is 28.7 Å². The molecule has 3 aliphatic rings. The Hall–Kier alpha value is -0.380. The number of rotatable bonds is 3. The van der Waals surface area contributed by atoms with Gasteiger partial charge in [-0.3, -0.25) is 0 Å². The lowest BCUT2D eigenvalue weighted by Crippen LogP contribution is -2.50. The molecule has 3 heterocycles. The van der Waals surface area contributed by atoms with E-state index in [0.29, 0.717) is 5.92 Å². The number of hydrogen-bond acceptors (Lipinski definition) is 2. The summed E-state index contributed by atoms with van der Waals surface area (Å²) < 4.78 is 1.22. The molecule has 98 valence electrons. The summed E-state index contributed by atoms with van der Waals surface area (Å²) in [5, 5.41) is 0. The minimum Gasteiger partial charge on any atom is -0.330 e. The van der Waals surface area contributed by atoms with Gasteiger partial charge in [-0.1, -0.05) is 34.1 Å². The first-order valence-electron chi connectivity index (χ1n) is 6.96. The zero-order valence-corrected chi connectivity index (χ0v) is 12.3. The van der Waals surface area contributed by atoms with E-state index in [1.165, 1.54) is 42.5 Å². The van der Waals surface area contributed by atoms with Crippen LogP contribution in [0, 0.1) is 11.8 Å². The molecule has 0 aromatic heterocycles. The Bertz CT molecular complexity index is 413. The molecule has 4 rings (SSSR count). The van der Waals surface area contributed by atoms with Gasteiger partial charge in [0, 0.05) is 16.9 Å². The van der Waals surface area contributed by atoms with Crippen molar-refractivity contribution in [3.8, 4) is 0 Å². The predicted molar refractivity (Wildman–Crippen MR) is 78.6 cm³/mol. The van der Waals surface area contributed by atoms with E-state index in [0.717, 1.165) is 18.4 Å². The van der Waals surface area contributed by atoms with Gasteiger partial charge in [-0.25, -0.2) is 0 Å². The molecule has 0 radical (unpaired) electrons. The second-order valence-electron chi connectivity index (χ2n) is 5.67. The van der Waals surface area contributed by atoms with Crippen LogP contribution in [-0.2, 0) is 0 Å². The Morgan fingerprint density at radius 1 is 1.28 bits per heavy atom. The first-order valence-corrected chi connectivity index (χ1v) is 7.75. The Morgan fingerprint density at radius 2 is 2.00 bits per heavy atom. The van der Waals surface area contributed by atoms with Crippen LogP contribution in [0.4, 0.5) is 0 Å². The third kappa shape index (κ3) is 2.24. The smallest absolute Gasteiger partial charge is 0.0210 e. The number of piperidine rings is 3. The zero-order valence-electron chi connectivity index (χ0n) is 10.7. The maximum Gasteiger partial charge on any atom is 0.0210 e. The number of halogens is 1. The zero-order chi connectivity index (χ0) is 12.5. The van der Waals surface area contributed by atoms with E-state index < -0.39 is 0 Å². The van der Waals surface area contributed by atoms with Crippen LogP contribution in [0.3, 0.4) is 0 Å². The van der Waals surface area contributed by atoms with Gasteiger partial charge < -0.3 is 10.6 Å². The number of nitrogens with zero attached hydrogens (tertiary/aromatic N) is 1. The molecule has 0 saturated carbocycles. The molecule has 0 spiro atoms. The fourth-order valence-electron chi connectivity index (χ4n) is 3.77. The van der Waals surface area contributed by atoms with Crippen LogP contribution < -0.4 is 5.73 Å². The summed E-state index contributed by atoms with van der Waals surface area (Å²) >= 11 is 3.69. The summed E-state index contributed by atoms with van der Waals surface area (Å²) in [7, 11) is 0. The number of nitrogens with two attached hydrogens (primary N) is 1. The van der Waals surface area contributed by atoms with Crippen molar-refractivity contribution >= 4 is 15.9 Å². The normalized spacial score (nSPS) is 32.4. The van der Waals surface area contributed by atoms with Gasteiger partial charge >= 0.3 is 0 Å². The highest BCUT2D eigenvalue weighted by Crippen LogP contribution is 2.41. The van der Waals surface area contributed by atoms with Gasteiger partial charge in [0.1, 0.15) is 0 Å². The molecule has 2 nitrogen and oxygen atoms in total. The minimum absolute atomic E-state index is 0.508. The highest BCUT2D eigenvalue weighted by molar-refractivity contribution is 9.10. The Morgan fingerprint density at radius 3 is 2.56 bits per heavy atom. The number of hydrogen-bond donors (Lipinski definition) is 1. The van der Waals surface area contributed by atoms with E-state index in [4.69, 9.17) is 5.73 Å². The van der Waals surface area contributed by atoms with Crippen LogP contribution in [0.5, 0.6) is 0 Å². The molecule has 18 heavy (non-hydrogen) atoms. The highest BCUT2D eigenvalue weighted by Gasteiger charge is 2.38. The molecular formula is C15H21BrN2. The van der Waals surface area contributed by atoms with Gasteiger partial charge in [0.2, 0.25) is 0 Å². The van der Waals surface area contributed by atoms with E-state index >= 15 is 0 Å². The van der Waals surface area contributed by atoms with Crippen molar-refractivity contribution in [2.45, 2.75) is 18.8 Å². The molecule has 3 aliphatic heterocycles. The molecule has 2 N–H and O–H groups in total. The second kappa shape index (κ2) is 5.32. The lowest BCUT2D eigenvalue weighted by Gasteiger charge is -2.47. The maximum absolute atomic E-state index is 6.10. The Balaban J connectivity index is 1.87. The summed E-state index contributed by atoms with van der Waals surface area (Å²) in [4.78, 5) is 2.62. The van der Waals surface area contributed by atoms with Crippen molar-refractivity contribution in [3.05, 3.63) is 34.3 Å².